The molecule has 2 bridgehead atoms. The summed E-state index contributed by atoms with van der Waals surface area (Å²) >= 11 is 0. The highest BCUT2D eigenvalue weighted by Crippen LogP contribution is 2.65. The number of hydrogen-bond donors (Lipinski definition) is 1. The summed E-state index contributed by atoms with van der Waals surface area (Å²) in [5.74, 6) is -2.77. The summed E-state index contributed by atoms with van der Waals surface area (Å²) < 4.78 is 12.6. The number of nitrogens with zero attached hydrogens (tertiary/aromatic N) is 2. The predicted octanol–water partition coefficient (Wildman–Crippen LogP) is 5.09. The van der Waals surface area contributed by atoms with Gasteiger partial charge in [-0.05, 0) is 63.4 Å². The van der Waals surface area contributed by atoms with Crippen molar-refractivity contribution in [1.29, 1.82) is 0 Å². The quantitative estimate of drug-likeness (QED) is 0.180. The van der Waals surface area contributed by atoms with Gasteiger partial charge < -0.3 is 24.4 Å². The van der Waals surface area contributed by atoms with Crippen molar-refractivity contribution >= 4 is 17.8 Å². The second-order valence-corrected chi connectivity index (χ2v) is 14.6. The van der Waals surface area contributed by atoms with Gasteiger partial charge in [-0.3, -0.25) is 14.4 Å². The van der Waals surface area contributed by atoms with Crippen molar-refractivity contribution in [3.05, 3.63) is 61.2 Å². The smallest absolute Gasteiger partial charge is 0.312 e. The van der Waals surface area contributed by atoms with Crippen LogP contribution < -0.4 is 0 Å². The summed E-state index contributed by atoms with van der Waals surface area (Å²) in [6, 6.07) is 7.94. The highest BCUT2D eigenvalue weighted by atomic mass is 16.6. The minimum Gasteiger partial charge on any atom is -0.465 e. The van der Waals surface area contributed by atoms with Gasteiger partial charge in [0.2, 0.25) is 11.8 Å². The Bertz CT molecular complexity index is 1240. The first-order valence-electron chi connectivity index (χ1n) is 16.1. The van der Waals surface area contributed by atoms with Gasteiger partial charge in [0.25, 0.3) is 0 Å². The zero-order valence-corrected chi connectivity index (χ0v) is 27.5. The minimum atomic E-state index is -1.21. The molecule has 3 aliphatic heterocycles. The Morgan fingerprint density at radius 1 is 1.16 bits per heavy atom. The molecule has 1 spiro atoms. The molecular weight excluding hydrogens is 556 g/mol. The Kier molecular flexibility index (Phi) is 9.86. The second-order valence-electron chi connectivity index (χ2n) is 14.6. The molecule has 3 heterocycles. The van der Waals surface area contributed by atoms with E-state index in [0.29, 0.717) is 38.5 Å². The third-order valence-electron chi connectivity index (χ3n) is 9.86. The van der Waals surface area contributed by atoms with Crippen molar-refractivity contribution < 1.29 is 29.0 Å². The molecule has 0 radical (unpaired) electrons. The Hall–Kier alpha value is -2.97. The van der Waals surface area contributed by atoms with E-state index in [4.69, 9.17) is 9.47 Å². The van der Waals surface area contributed by atoms with Crippen LogP contribution in [0.25, 0.3) is 0 Å². The van der Waals surface area contributed by atoms with Crippen LogP contribution in [0.5, 0.6) is 0 Å². The fraction of sp³-hybridized carbons (Fsp3) is 0.639. The molecule has 2 amide bonds. The Morgan fingerprint density at radius 2 is 1.84 bits per heavy atom. The second kappa shape index (κ2) is 12.8. The number of aliphatic hydroxyl groups is 1. The third-order valence-corrected chi connectivity index (χ3v) is 9.86. The number of benzene rings is 1. The average Bonchev–Trinajstić information content (AvgIpc) is 3.57. The monoisotopic (exact) mass is 608 g/mol. The maximum atomic E-state index is 15.1. The van der Waals surface area contributed by atoms with Gasteiger partial charge in [-0.15, -0.1) is 13.2 Å². The number of ether oxygens (including phenoxy) is 2. The van der Waals surface area contributed by atoms with Crippen LogP contribution in [0.3, 0.4) is 0 Å². The van der Waals surface area contributed by atoms with Gasteiger partial charge in [-0.25, -0.2) is 0 Å². The molecule has 44 heavy (non-hydrogen) atoms. The lowest BCUT2D eigenvalue weighted by atomic mass is 9.65. The highest BCUT2D eigenvalue weighted by molar-refractivity contribution is 5.99. The van der Waals surface area contributed by atoms with Crippen LogP contribution in [0.15, 0.2) is 55.6 Å². The lowest BCUT2D eigenvalue weighted by Crippen LogP contribution is -2.62. The fourth-order valence-corrected chi connectivity index (χ4v) is 8.46. The van der Waals surface area contributed by atoms with Crippen LogP contribution >= 0.6 is 0 Å². The van der Waals surface area contributed by atoms with Crippen LogP contribution in [0.4, 0.5) is 0 Å². The lowest BCUT2D eigenvalue weighted by Gasteiger charge is -2.46. The summed E-state index contributed by atoms with van der Waals surface area (Å²) in [6.07, 6.45) is 6.48. The van der Waals surface area contributed by atoms with Gasteiger partial charge in [0, 0.05) is 12.1 Å². The van der Waals surface area contributed by atoms with Gasteiger partial charge in [0.05, 0.1) is 30.8 Å². The van der Waals surface area contributed by atoms with Gasteiger partial charge >= 0.3 is 5.97 Å². The van der Waals surface area contributed by atoms with E-state index >= 15 is 4.79 Å². The van der Waals surface area contributed by atoms with Crippen molar-refractivity contribution in [3.8, 4) is 0 Å². The van der Waals surface area contributed by atoms with E-state index in [1.54, 1.807) is 17.1 Å². The number of fused-ring (bicyclic) bond motifs is 1. The third kappa shape index (κ3) is 6.00. The molecule has 6 atom stereocenters. The highest BCUT2D eigenvalue weighted by Gasteiger charge is 2.79. The van der Waals surface area contributed by atoms with Gasteiger partial charge in [-0.2, -0.15) is 0 Å². The van der Waals surface area contributed by atoms with E-state index < -0.39 is 46.6 Å². The van der Waals surface area contributed by atoms with Crippen LogP contribution in [-0.4, -0.2) is 81.3 Å². The molecule has 3 fully saturated rings. The van der Waals surface area contributed by atoms with Crippen molar-refractivity contribution in [1.82, 2.24) is 9.80 Å². The maximum Gasteiger partial charge on any atom is 0.312 e. The van der Waals surface area contributed by atoms with Crippen LogP contribution in [0.1, 0.15) is 79.2 Å². The number of amides is 2. The molecule has 1 aromatic rings. The first-order valence-corrected chi connectivity index (χ1v) is 16.1. The van der Waals surface area contributed by atoms with Gasteiger partial charge in [-0.1, -0.05) is 70.2 Å². The van der Waals surface area contributed by atoms with Crippen molar-refractivity contribution in [2.24, 2.45) is 17.3 Å². The SMILES string of the molecule is C=CCCOC(=O)[C@@H]1[C@H]2C(=O)N([C@@H](CO)Cc3ccccc3)C(C(=O)N(CC=C)C(C)(C)CC(C)(C)C)C23CC[C@@]1(CC)O3. The molecule has 242 valence electrons. The molecule has 0 aromatic heterocycles. The summed E-state index contributed by atoms with van der Waals surface area (Å²) in [7, 11) is 0. The van der Waals surface area contributed by atoms with E-state index in [0.717, 1.165) is 5.56 Å². The Balaban J connectivity index is 1.85. The average molecular weight is 609 g/mol. The number of aliphatic hydroxyl groups excluding tert-OH is 1. The van der Waals surface area contributed by atoms with Crippen LogP contribution in [0.2, 0.25) is 0 Å². The summed E-state index contributed by atoms with van der Waals surface area (Å²) in [5, 5.41) is 10.8. The number of rotatable bonds is 14. The van der Waals surface area contributed by atoms with E-state index in [1.807, 2.05) is 56.0 Å². The van der Waals surface area contributed by atoms with E-state index in [1.165, 1.54) is 0 Å². The van der Waals surface area contributed by atoms with Crippen molar-refractivity contribution in [2.45, 2.75) is 109 Å². The number of esters is 1. The van der Waals surface area contributed by atoms with Crippen LogP contribution in [-0.2, 0) is 30.3 Å². The first kappa shape index (κ1) is 33.9. The summed E-state index contributed by atoms with van der Waals surface area (Å²) in [5.41, 5.74) is -1.83. The number of carbonyl (C=O) groups is 3. The number of hydrogen-bond acceptors (Lipinski definition) is 6. The molecule has 1 aromatic carbocycles. The molecule has 3 aliphatic rings. The van der Waals surface area contributed by atoms with Gasteiger partial charge in [0.15, 0.2) is 0 Å². The molecule has 1 N–H and O–H groups in total. The zero-order chi connectivity index (χ0) is 32.5. The van der Waals surface area contributed by atoms with Gasteiger partial charge in [0.1, 0.15) is 17.6 Å². The van der Waals surface area contributed by atoms with Crippen molar-refractivity contribution in [2.75, 3.05) is 19.8 Å². The largest absolute Gasteiger partial charge is 0.465 e. The Labute approximate surface area is 263 Å². The first-order chi connectivity index (χ1) is 20.7. The number of carbonyl (C=O) groups excluding carboxylic acids is 3. The maximum absolute atomic E-state index is 15.1. The molecule has 2 unspecified atom stereocenters. The lowest BCUT2D eigenvalue weighted by molar-refractivity contribution is -0.165. The van der Waals surface area contributed by atoms with E-state index in [2.05, 4.69) is 33.9 Å². The van der Waals surface area contributed by atoms with E-state index in [-0.39, 0.29) is 37.0 Å². The zero-order valence-electron chi connectivity index (χ0n) is 27.5. The fourth-order valence-electron chi connectivity index (χ4n) is 8.46. The molecule has 3 saturated heterocycles. The summed E-state index contributed by atoms with van der Waals surface area (Å²) in [6.45, 7) is 20.3. The standard InChI is InChI=1S/C36H52N2O6/c1-9-12-21-43-32(42)28-27-30(40)38(26(23-39)22-25-16-14-13-15-17-25)29(36(27)19-18-35(28,11-3)44-36)31(41)37(20-10-2)34(7,8)24-33(4,5)6/h9-10,13-17,26-29,39H,1-2,11-12,18-24H2,3-8H3/t26-,27+,28+,29?,35-,36?/m1/s1. The minimum absolute atomic E-state index is 0.0784. The topological polar surface area (TPSA) is 96.4 Å². The number of likely N-dealkylation sites (tertiary alicyclic amines) is 1. The summed E-state index contributed by atoms with van der Waals surface area (Å²) in [4.78, 5) is 47.0. The normalized spacial score (nSPS) is 28.5. The molecule has 8 heteroatoms. The van der Waals surface area contributed by atoms with Crippen LogP contribution in [0, 0.1) is 17.3 Å². The predicted molar refractivity (Wildman–Crippen MR) is 171 cm³/mol. The Morgan fingerprint density at radius 3 is 2.41 bits per heavy atom. The molecule has 0 aliphatic carbocycles. The van der Waals surface area contributed by atoms with Crippen molar-refractivity contribution in [3.63, 3.8) is 0 Å². The van der Waals surface area contributed by atoms with E-state index in [9.17, 15) is 14.7 Å². The molecular formula is C36H52N2O6. The molecule has 8 nitrogen and oxygen atoms in total. The molecule has 4 rings (SSSR count). The molecule has 0 saturated carbocycles.